The molecule has 0 atom stereocenters. The van der Waals surface area contributed by atoms with E-state index in [-0.39, 0.29) is 5.91 Å². The van der Waals surface area contributed by atoms with Crippen molar-refractivity contribution < 1.29 is 4.79 Å². The Morgan fingerprint density at radius 2 is 2.10 bits per heavy atom. The molecule has 5 nitrogen and oxygen atoms in total. The SMILES string of the molecule is CCc1nnc(C)cc1C(=O)N(CCCN)C1CCCC1. The fourth-order valence-corrected chi connectivity index (χ4v) is 3.04. The van der Waals surface area contributed by atoms with Crippen LogP contribution in [0.4, 0.5) is 0 Å². The van der Waals surface area contributed by atoms with Crippen LogP contribution in [0.1, 0.15) is 60.8 Å². The van der Waals surface area contributed by atoms with Gasteiger partial charge in [0.15, 0.2) is 0 Å². The minimum Gasteiger partial charge on any atom is -0.336 e. The highest BCUT2D eigenvalue weighted by Crippen LogP contribution is 2.25. The van der Waals surface area contributed by atoms with Crippen molar-refractivity contribution in [1.82, 2.24) is 15.1 Å². The summed E-state index contributed by atoms with van der Waals surface area (Å²) in [6, 6.07) is 2.24. The summed E-state index contributed by atoms with van der Waals surface area (Å²) in [6.07, 6.45) is 6.21. The third kappa shape index (κ3) is 3.79. The van der Waals surface area contributed by atoms with E-state index in [0.29, 0.717) is 18.2 Å². The van der Waals surface area contributed by atoms with E-state index in [1.165, 1.54) is 12.8 Å². The molecule has 0 aromatic carbocycles. The van der Waals surface area contributed by atoms with Gasteiger partial charge in [-0.3, -0.25) is 4.79 Å². The molecule has 0 radical (unpaired) electrons. The molecule has 21 heavy (non-hydrogen) atoms. The van der Waals surface area contributed by atoms with Crippen LogP contribution in [0.25, 0.3) is 0 Å². The zero-order chi connectivity index (χ0) is 15.2. The van der Waals surface area contributed by atoms with Gasteiger partial charge in [0.05, 0.1) is 17.0 Å². The second-order valence-electron chi connectivity index (χ2n) is 5.78. The van der Waals surface area contributed by atoms with Crippen molar-refractivity contribution in [2.75, 3.05) is 13.1 Å². The Morgan fingerprint density at radius 1 is 1.38 bits per heavy atom. The molecule has 1 aromatic rings. The second kappa shape index (κ2) is 7.50. The van der Waals surface area contributed by atoms with Crippen LogP contribution in [0, 0.1) is 6.92 Å². The van der Waals surface area contributed by atoms with Gasteiger partial charge in [-0.05, 0) is 45.2 Å². The predicted octanol–water partition coefficient (Wildman–Crippen LogP) is 2.08. The molecule has 1 aliphatic carbocycles. The standard InChI is InChI=1S/C16H26N4O/c1-3-15-14(11-12(2)18-19-15)16(21)20(10-6-9-17)13-7-4-5-8-13/h11,13H,3-10,17H2,1-2H3. The minimum absolute atomic E-state index is 0.102. The summed E-state index contributed by atoms with van der Waals surface area (Å²) in [5, 5.41) is 8.26. The number of amides is 1. The van der Waals surface area contributed by atoms with Gasteiger partial charge in [0.2, 0.25) is 0 Å². The number of hydrogen-bond donors (Lipinski definition) is 1. The van der Waals surface area contributed by atoms with E-state index >= 15 is 0 Å². The van der Waals surface area contributed by atoms with Crippen molar-refractivity contribution in [3.8, 4) is 0 Å². The summed E-state index contributed by atoms with van der Waals surface area (Å²) in [7, 11) is 0. The third-order valence-electron chi connectivity index (χ3n) is 4.19. The zero-order valence-corrected chi connectivity index (χ0v) is 13.1. The summed E-state index contributed by atoms with van der Waals surface area (Å²) in [4.78, 5) is 15.0. The van der Waals surface area contributed by atoms with Crippen LogP contribution in [0.2, 0.25) is 0 Å². The van der Waals surface area contributed by atoms with Crippen LogP contribution in [-0.4, -0.2) is 40.1 Å². The molecule has 116 valence electrons. The van der Waals surface area contributed by atoms with E-state index in [4.69, 9.17) is 5.73 Å². The number of carbonyl (C=O) groups is 1. The van der Waals surface area contributed by atoms with Gasteiger partial charge in [-0.2, -0.15) is 10.2 Å². The largest absolute Gasteiger partial charge is 0.336 e. The topological polar surface area (TPSA) is 72.1 Å². The Balaban J connectivity index is 2.26. The highest BCUT2D eigenvalue weighted by molar-refractivity contribution is 5.95. The maximum atomic E-state index is 13.0. The maximum absolute atomic E-state index is 13.0. The fraction of sp³-hybridized carbons (Fsp3) is 0.688. The average Bonchev–Trinajstić information content (AvgIpc) is 3.01. The smallest absolute Gasteiger partial charge is 0.256 e. The van der Waals surface area contributed by atoms with Crippen molar-refractivity contribution >= 4 is 5.91 Å². The molecule has 1 aromatic heterocycles. The Morgan fingerprint density at radius 3 is 2.71 bits per heavy atom. The lowest BCUT2D eigenvalue weighted by Gasteiger charge is -2.29. The quantitative estimate of drug-likeness (QED) is 0.870. The first kappa shape index (κ1) is 15.9. The van der Waals surface area contributed by atoms with Crippen LogP contribution < -0.4 is 5.73 Å². The minimum atomic E-state index is 0.102. The summed E-state index contributed by atoms with van der Waals surface area (Å²) in [5.74, 6) is 0.102. The molecule has 1 fully saturated rings. The van der Waals surface area contributed by atoms with Crippen LogP contribution in [-0.2, 0) is 6.42 Å². The zero-order valence-electron chi connectivity index (χ0n) is 13.1. The van der Waals surface area contributed by atoms with Crippen LogP contribution in [0.5, 0.6) is 0 Å². The lowest BCUT2D eigenvalue weighted by Crippen LogP contribution is -2.40. The summed E-state index contributed by atoms with van der Waals surface area (Å²) >= 11 is 0. The number of hydrogen-bond acceptors (Lipinski definition) is 4. The lowest BCUT2D eigenvalue weighted by atomic mass is 10.1. The lowest BCUT2D eigenvalue weighted by molar-refractivity contribution is 0.0678. The molecular formula is C16H26N4O. The molecule has 0 unspecified atom stereocenters. The molecule has 0 aliphatic heterocycles. The number of aryl methyl sites for hydroxylation is 2. The van der Waals surface area contributed by atoms with Gasteiger partial charge in [0.1, 0.15) is 0 Å². The van der Waals surface area contributed by atoms with Crippen molar-refractivity contribution in [2.45, 2.75) is 58.4 Å². The molecule has 0 bridgehead atoms. The number of carbonyl (C=O) groups excluding carboxylic acids is 1. The molecule has 2 rings (SSSR count). The Labute approximate surface area is 126 Å². The van der Waals surface area contributed by atoms with Crippen molar-refractivity contribution in [3.63, 3.8) is 0 Å². The number of rotatable bonds is 6. The van der Waals surface area contributed by atoms with E-state index in [1.807, 2.05) is 24.8 Å². The van der Waals surface area contributed by atoms with Crippen molar-refractivity contribution in [2.24, 2.45) is 5.73 Å². The van der Waals surface area contributed by atoms with Gasteiger partial charge in [-0.1, -0.05) is 19.8 Å². The van der Waals surface area contributed by atoms with Gasteiger partial charge in [-0.15, -0.1) is 0 Å². The highest BCUT2D eigenvalue weighted by atomic mass is 16.2. The van der Waals surface area contributed by atoms with Crippen LogP contribution in [0.15, 0.2) is 6.07 Å². The molecule has 1 amide bonds. The maximum Gasteiger partial charge on any atom is 0.256 e. The molecule has 1 saturated carbocycles. The fourth-order valence-electron chi connectivity index (χ4n) is 3.04. The molecule has 5 heteroatoms. The van der Waals surface area contributed by atoms with E-state index in [2.05, 4.69) is 10.2 Å². The van der Waals surface area contributed by atoms with Crippen LogP contribution in [0.3, 0.4) is 0 Å². The van der Waals surface area contributed by atoms with Crippen molar-refractivity contribution in [1.29, 1.82) is 0 Å². The van der Waals surface area contributed by atoms with Gasteiger partial charge >= 0.3 is 0 Å². The van der Waals surface area contributed by atoms with Gasteiger partial charge in [0.25, 0.3) is 5.91 Å². The van der Waals surface area contributed by atoms with Crippen LogP contribution >= 0.6 is 0 Å². The normalized spacial score (nSPS) is 15.4. The molecule has 0 saturated heterocycles. The summed E-state index contributed by atoms with van der Waals surface area (Å²) in [6.45, 7) is 5.24. The first-order chi connectivity index (χ1) is 10.2. The number of nitrogens with zero attached hydrogens (tertiary/aromatic N) is 3. The summed E-state index contributed by atoms with van der Waals surface area (Å²) in [5.41, 5.74) is 7.94. The van der Waals surface area contributed by atoms with Gasteiger partial charge in [0, 0.05) is 12.6 Å². The first-order valence-electron chi connectivity index (χ1n) is 8.01. The summed E-state index contributed by atoms with van der Waals surface area (Å²) < 4.78 is 0. The Kier molecular flexibility index (Phi) is 5.67. The van der Waals surface area contributed by atoms with E-state index in [9.17, 15) is 4.79 Å². The monoisotopic (exact) mass is 290 g/mol. The van der Waals surface area contributed by atoms with Gasteiger partial charge < -0.3 is 10.6 Å². The predicted molar refractivity (Wildman–Crippen MR) is 83.1 cm³/mol. The Bertz CT molecular complexity index is 483. The number of aromatic nitrogens is 2. The molecule has 1 aliphatic rings. The molecule has 1 heterocycles. The molecule has 0 spiro atoms. The third-order valence-corrected chi connectivity index (χ3v) is 4.19. The molecule has 2 N–H and O–H groups in total. The van der Waals surface area contributed by atoms with E-state index in [1.54, 1.807) is 0 Å². The van der Waals surface area contributed by atoms with E-state index < -0.39 is 0 Å². The molecular weight excluding hydrogens is 264 g/mol. The Hall–Kier alpha value is -1.49. The van der Waals surface area contributed by atoms with Crippen molar-refractivity contribution in [3.05, 3.63) is 23.0 Å². The highest BCUT2D eigenvalue weighted by Gasteiger charge is 2.28. The first-order valence-corrected chi connectivity index (χ1v) is 8.01. The second-order valence-corrected chi connectivity index (χ2v) is 5.78. The average molecular weight is 290 g/mol. The number of nitrogens with two attached hydrogens (primary N) is 1. The van der Waals surface area contributed by atoms with Gasteiger partial charge in [-0.25, -0.2) is 0 Å². The van der Waals surface area contributed by atoms with E-state index in [0.717, 1.165) is 43.6 Å².